The molecule has 0 saturated heterocycles. The van der Waals surface area contributed by atoms with Crippen LogP contribution in [0.25, 0.3) is 0 Å². The lowest BCUT2D eigenvalue weighted by molar-refractivity contribution is -0.138. The summed E-state index contributed by atoms with van der Waals surface area (Å²) in [7, 11) is 0. The second kappa shape index (κ2) is 5.42. The van der Waals surface area contributed by atoms with Crippen molar-refractivity contribution in [1.29, 1.82) is 0 Å². The Bertz CT molecular complexity index is 469. The fourth-order valence-corrected chi connectivity index (χ4v) is 2.66. The molecule has 2 rings (SSSR count). The van der Waals surface area contributed by atoms with Gasteiger partial charge in [0.2, 0.25) is 0 Å². The fourth-order valence-electron chi connectivity index (χ4n) is 2.66. The van der Waals surface area contributed by atoms with Crippen molar-refractivity contribution in [3.63, 3.8) is 0 Å². The maximum absolute atomic E-state index is 12.5. The first-order chi connectivity index (χ1) is 9.00. The Balaban J connectivity index is 2.27. The molecule has 1 aliphatic rings. The highest BCUT2D eigenvalue weighted by atomic mass is 16.5. The third kappa shape index (κ3) is 2.77. The Kier molecular flexibility index (Phi) is 3.87. The van der Waals surface area contributed by atoms with E-state index in [4.69, 9.17) is 9.63 Å². The summed E-state index contributed by atoms with van der Waals surface area (Å²) in [6.45, 7) is 3.09. The maximum atomic E-state index is 12.5. The first-order valence-electron chi connectivity index (χ1n) is 6.46. The zero-order chi connectivity index (χ0) is 14.0. The van der Waals surface area contributed by atoms with Gasteiger partial charge in [0.25, 0.3) is 5.91 Å². The molecule has 0 radical (unpaired) electrons. The number of hydrogen-bond donors (Lipinski definition) is 1. The highest BCUT2D eigenvalue weighted by Crippen LogP contribution is 2.26. The number of nitrogens with zero attached hydrogens (tertiary/aromatic N) is 2. The monoisotopic (exact) mass is 266 g/mol. The quantitative estimate of drug-likeness (QED) is 0.897. The van der Waals surface area contributed by atoms with Gasteiger partial charge in [-0.05, 0) is 26.7 Å². The van der Waals surface area contributed by atoms with Crippen molar-refractivity contribution < 1.29 is 19.2 Å². The molecule has 104 valence electrons. The minimum Gasteiger partial charge on any atom is -0.480 e. The zero-order valence-corrected chi connectivity index (χ0v) is 11.2. The van der Waals surface area contributed by atoms with Crippen molar-refractivity contribution in [2.24, 2.45) is 0 Å². The number of carboxylic acids is 1. The second-order valence-corrected chi connectivity index (χ2v) is 4.96. The number of rotatable bonds is 4. The summed E-state index contributed by atoms with van der Waals surface area (Å²) in [5.74, 6) is -0.839. The van der Waals surface area contributed by atoms with Gasteiger partial charge < -0.3 is 14.5 Å². The number of carbonyl (C=O) groups is 2. The molecule has 1 saturated carbocycles. The van der Waals surface area contributed by atoms with Crippen molar-refractivity contribution in [3.05, 3.63) is 17.0 Å². The molecule has 1 heterocycles. The molecule has 1 aliphatic carbocycles. The van der Waals surface area contributed by atoms with Crippen molar-refractivity contribution in [3.8, 4) is 0 Å². The van der Waals surface area contributed by atoms with Gasteiger partial charge in [0.1, 0.15) is 17.9 Å². The topological polar surface area (TPSA) is 83.6 Å². The van der Waals surface area contributed by atoms with Crippen molar-refractivity contribution >= 4 is 11.9 Å². The van der Waals surface area contributed by atoms with E-state index in [2.05, 4.69) is 5.16 Å². The molecular formula is C13H18N2O4. The minimum atomic E-state index is -0.994. The van der Waals surface area contributed by atoms with Crippen molar-refractivity contribution in [2.45, 2.75) is 45.6 Å². The first-order valence-corrected chi connectivity index (χ1v) is 6.46. The summed E-state index contributed by atoms with van der Waals surface area (Å²) < 4.78 is 4.99. The van der Waals surface area contributed by atoms with Crippen LogP contribution in [0.1, 0.15) is 47.5 Å². The Hall–Kier alpha value is -1.85. The molecule has 6 heteroatoms. The second-order valence-electron chi connectivity index (χ2n) is 4.96. The van der Waals surface area contributed by atoms with Crippen LogP contribution in [0.3, 0.4) is 0 Å². The average Bonchev–Trinajstić information content (AvgIpc) is 2.96. The van der Waals surface area contributed by atoms with E-state index in [0.717, 1.165) is 25.7 Å². The third-order valence-electron chi connectivity index (χ3n) is 3.58. The Morgan fingerprint density at radius 1 is 1.37 bits per heavy atom. The van der Waals surface area contributed by atoms with Gasteiger partial charge in [0, 0.05) is 6.04 Å². The van der Waals surface area contributed by atoms with Gasteiger partial charge in [-0.15, -0.1) is 0 Å². The normalized spacial score (nSPS) is 15.7. The molecule has 0 aliphatic heterocycles. The summed E-state index contributed by atoms with van der Waals surface area (Å²) in [6, 6.07) is 0.0114. The predicted octanol–water partition coefficient (Wildman–Crippen LogP) is 1.76. The highest BCUT2D eigenvalue weighted by molar-refractivity contribution is 5.97. The van der Waals surface area contributed by atoms with Crippen LogP contribution < -0.4 is 0 Å². The van der Waals surface area contributed by atoms with Crippen LogP contribution >= 0.6 is 0 Å². The number of amides is 1. The lowest BCUT2D eigenvalue weighted by atomic mass is 10.1. The van der Waals surface area contributed by atoms with Gasteiger partial charge in [-0.1, -0.05) is 18.0 Å². The molecule has 0 unspecified atom stereocenters. The summed E-state index contributed by atoms with van der Waals surface area (Å²) in [6.07, 6.45) is 3.80. The molecule has 0 aromatic carbocycles. The molecule has 0 bridgehead atoms. The number of aliphatic carboxylic acids is 1. The van der Waals surface area contributed by atoms with E-state index >= 15 is 0 Å². The molecule has 1 N–H and O–H groups in total. The Morgan fingerprint density at radius 3 is 2.47 bits per heavy atom. The van der Waals surface area contributed by atoms with Gasteiger partial charge in [-0.2, -0.15) is 0 Å². The smallest absolute Gasteiger partial charge is 0.323 e. The number of aryl methyl sites for hydroxylation is 2. The van der Waals surface area contributed by atoms with Crippen LogP contribution in [0, 0.1) is 13.8 Å². The van der Waals surface area contributed by atoms with E-state index in [0.29, 0.717) is 17.0 Å². The average molecular weight is 266 g/mol. The molecule has 1 aromatic rings. The molecule has 1 aromatic heterocycles. The van der Waals surface area contributed by atoms with Crippen LogP contribution in [0.2, 0.25) is 0 Å². The summed E-state index contributed by atoms with van der Waals surface area (Å²) in [5.41, 5.74) is 0.907. The molecule has 6 nitrogen and oxygen atoms in total. The van der Waals surface area contributed by atoms with Crippen LogP contribution in [0.5, 0.6) is 0 Å². The SMILES string of the molecule is Cc1noc(C)c1C(=O)N(CC(=O)O)C1CCCC1. The van der Waals surface area contributed by atoms with E-state index in [1.807, 2.05) is 0 Å². The highest BCUT2D eigenvalue weighted by Gasteiger charge is 2.31. The minimum absolute atomic E-state index is 0.0114. The molecule has 0 atom stereocenters. The van der Waals surface area contributed by atoms with E-state index < -0.39 is 5.97 Å². The van der Waals surface area contributed by atoms with Gasteiger partial charge in [-0.3, -0.25) is 9.59 Å². The standard InChI is InChI=1S/C13H18N2O4/c1-8-12(9(2)19-14-8)13(18)15(7-11(16)17)10-5-3-4-6-10/h10H,3-7H2,1-2H3,(H,16,17). The Labute approximate surface area is 111 Å². The molecule has 1 fully saturated rings. The molecule has 19 heavy (non-hydrogen) atoms. The maximum Gasteiger partial charge on any atom is 0.323 e. The van der Waals surface area contributed by atoms with Gasteiger partial charge in [0.05, 0.1) is 5.69 Å². The lowest BCUT2D eigenvalue weighted by Crippen LogP contribution is -2.42. The van der Waals surface area contributed by atoms with Crippen LogP contribution in [0.15, 0.2) is 4.52 Å². The van der Waals surface area contributed by atoms with Crippen LogP contribution in [0.4, 0.5) is 0 Å². The zero-order valence-electron chi connectivity index (χ0n) is 11.2. The van der Waals surface area contributed by atoms with Gasteiger partial charge >= 0.3 is 5.97 Å². The molecular weight excluding hydrogens is 248 g/mol. The van der Waals surface area contributed by atoms with Crippen LogP contribution in [-0.4, -0.2) is 39.6 Å². The summed E-state index contributed by atoms with van der Waals surface area (Å²) in [5, 5.41) is 12.8. The van der Waals surface area contributed by atoms with Crippen molar-refractivity contribution in [2.75, 3.05) is 6.54 Å². The number of carboxylic acid groups (broad SMARTS) is 1. The lowest BCUT2D eigenvalue weighted by Gasteiger charge is -2.27. The fraction of sp³-hybridized carbons (Fsp3) is 0.615. The van der Waals surface area contributed by atoms with E-state index in [9.17, 15) is 9.59 Å². The molecule has 1 amide bonds. The third-order valence-corrected chi connectivity index (χ3v) is 3.58. The molecule has 0 spiro atoms. The summed E-state index contributed by atoms with van der Waals surface area (Å²) in [4.78, 5) is 25.0. The first kappa shape index (κ1) is 13.6. The van der Waals surface area contributed by atoms with Gasteiger partial charge in [-0.25, -0.2) is 0 Å². The van der Waals surface area contributed by atoms with E-state index in [1.54, 1.807) is 13.8 Å². The number of aromatic nitrogens is 1. The van der Waals surface area contributed by atoms with Crippen molar-refractivity contribution in [1.82, 2.24) is 10.1 Å². The summed E-state index contributed by atoms with van der Waals surface area (Å²) >= 11 is 0. The van der Waals surface area contributed by atoms with E-state index in [1.165, 1.54) is 4.90 Å². The number of carbonyl (C=O) groups excluding carboxylic acids is 1. The van der Waals surface area contributed by atoms with E-state index in [-0.39, 0.29) is 18.5 Å². The Morgan fingerprint density at radius 2 is 2.00 bits per heavy atom. The number of hydrogen-bond acceptors (Lipinski definition) is 4. The van der Waals surface area contributed by atoms with Crippen LogP contribution in [-0.2, 0) is 4.79 Å². The predicted molar refractivity (Wildman–Crippen MR) is 66.9 cm³/mol. The van der Waals surface area contributed by atoms with Gasteiger partial charge in [0.15, 0.2) is 0 Å². The largest absolute Gasteiger partial charge is 0.480 e.